The summed E-state index contributed by atoms with van der Waals surface area (Å²) in [6, 6.07) is 7.01. The average molecular weight is 337 g/mol. The Morgan fingerprint density at radius 2 is 1.75 bits per heavy atom. The number of nitrogens with one attached hydrogen (secondary N) is 1. The first-order chi connectivity index (χ1) is 11.1. The Balaban J connectivity index is 2.88. The van der Waals surface area contributed by atoms with Gasteiger partial charge in [-0.1, -0.05) is 12.1 Å². The molecule has 0 heterocycles. The normalized spacial score (nSPS) is 13.6. The molecule has 0 aliphatic carbocycles. The van der Waals surface area contributed by atoms with E-state index in [1.165, 1.54) is 6.92 Å². The molecule has 1 amide bonds. The Kier molecular flexibility index (Phi) is 7.07. The van der Waals surface area contributed by atoms with Crippen LogP contribution in [0.2, 0.25) is 0 Å². The lowest BCUT2D eigenvalue weighted by Crippen LogP contribution is -2.36. The van der Waals surface area contributed by atoms with Crippen LogP contribution in [0.15, 0.2) is 24.3 Å². The Hall–Kier alpha value is -2.24. The number of esters is 1. The maximum absolute atomic E-state index is 12.1. The molecular formula is C18H27NO5. The van der Waals surface area contributed by atoms with Gasteiger partial charge in [-0.3, -0.25) is 4.79 Å². The number of ether oxygens (including phenoxy) is 3. The van der Waals surface area contributed by atoms with Gasteiger partial charge in [-0.05, 0) is 45.4 Å². The summed E-state index contributed by atoms with van der Waals surface area (Å²) in [5.74, 6) is 0.371. The van der Waals surface area contributed by atoms with Gasteiger partial charge in [-0.2, -0.15) is 0 Å². The molecule has 1 unspecified atom stereocenters. The van der Waals surface area contributed by atoms with Crippen LogP contribution >= 0.6 is 0 Å². The van der Waals surface area contributed by atoms with Gasteiger partial charge in [0.05, 0.1) is 13.2 Å². The number of hydrogen-bond donors (Lipinski definition) is 1. The van der Waals surface area contributed by atoms with Crippen LogP contribution in [0, 0.1) is 0 Å². The van der Waals surface area contributed by atoms with Crippen molar-refractivity contribution in [3.63, 3.8) is 0 Å². The molecule has 0 radical (unpaired) electrons. The van der Waals surface area contributed by atoms with Crippen molar-refractivity contribution in [1.82, 2.24) is 5.32 Å². The summed E-state index contributed by atoms with van der Waals surface area (Å²) >= 11 is 0. The lowest BCUT2D eigenvalue weighted by atomic mass is 10.0. The van der Waals surface area contributed by atoms with Gasteiger partial charge in [0.1, 0.15) is 17.5 Å². The molecule has 0 saturated heterocycles. The summed E-state index contributed by atoms with van der Waals surface area (Å²) in [6.07, 6.45) is -0.423. The van der Waals surface area contributed by atoms with Gasteiger partial charge >= 0.3 is 12.1 Å². The third-order valence-electron chi connectivity index (χ3n) is 3.14. The van der Waals surface area contributed by atoms with Crippen LogP contribution in [0.25, 0.3) is 0 Å². The predicted molar refractivity (Wildman–Crippen MR) is 90.9 cm³/mol. The summed E-state index contributed by atoms with van der Waals surface area (Å²) < 4.78 is 15.6. The monoisotopic (exact) mass is 337 g/mol. The van der Waals surface area contributed by atoms with Crippen LogP contribution in [0.1, 0.15) is 52.6 Å². The minimum absolute atomic E-state index is 0.343. The van der Waals surface area contributed by atoms with Gasteiger partial charge in [0.15, 0.2) is 0 Å². The van der Waals surface area contributed by atoms with Crippen LogP contribution in [-0.4, -0.2) is 30.9 Å². The summed E-state index contributed by atoms with van der Waals surface area (Å²) in [5.41, 5.74) is 0.288. The van der Waals surface area contributed by atoms with Crippen molar-refractivity contribution in [3.05, 3.63) is 29.8 Å². The predicted octanol–water partition coefficient (Wildman–Crippen LogP) is 3.60. The van der Waals surface area contributed by atoms with E-state index in [2.05, 4.69) is 5.32 Å². The first kappa shape index (κ1) is 19.8. The van der Waals surface area contributed by atoms with Crippen LogP contribution in [0.4, 0.5) is 4.79 Å². The van der Waals surface area contributed by atoms with E-state index >= 15 is 0 Å². The van der Waals surface area contributed by atoms with Gasteiger partial charge in [-0.25, -0.2) is 4.79 Å². The third-order valence-corrected chi connectivity index (χ3v) is 3.14. The summed E-state index contributed by atoms with van der Waals surface area (Å²) in [7, 11) is 1.59. The lowest BCUT2D eigenvalue weighted by Gasteiger charge is -2.25. The maximum atomic E-state index is 12.1. The van der Waals surface area contributed by atoms with Gasteiger partial charge in [-0.15, -0.1) is 0 Å². The zero-order valence-corrected chi connectivity index (χ0v) is 15.2. The highest BCUT2D eigenvalue weighted by Gasteiger charge is 2.23. The Morgan fingerprint density at radius 3 is 2.21 bits per heavy atom. The Labute approximate surface area is 143 Å². The topological polar surface area (TPSA) is 73.9 Å². The number of rotatable bonds is 6. The zero-order valence-electron chi connectivity index (χ0n) is 15.2. The largest absolute Gasteiger partial charge is 0.497 e. The smallest absolute Gasteiger partial charge is 0.408 e. The molecule has 0 aliphatic rings. The highest BCUT2D eigenvalue weighted by Crippen LogP contribution is 2.23. The molecule has 2 atom stereocenters. The maximum Gasteiger partial charge on any atom is 0.408 e. The van der Waals surface area contributed by atoms with Crippen LogP contribution in [0.5, 0.6) is 5.75 Å². The molecule has 1 aromatic rings. The van der Waals surface area contributed by atoms with E-state index in [-0.39, 0.29) is 18.1 Å². The molecule has 0 fully saturated rings. The summed E-state index contributed by atoms with van der Waals surface area (Å²) in [4.78, 5) is 23.2. The van der Waals surface area contributed by atoms with Gasteiger partial charge in [0.2, 0.25) is 0 Å². The first-order valence-corrected chi connectivity index (χ1v) is 7.91. The summed E-state index contributed by atoms with van der Waals surface area (Å²) in [6.45, 7) is 8.55. The molecule has 1 N–H and O–H groups in total. The van der Waals surface area contributed by atoms with Crippen molar-refractivity contribution in [2.75, 3.05) is 7.11 Å². The number of carbonyl (C=O) groups is 2. The number of benzene rings is 1. The number of carbonyl (C=O) groups excluding carboxylic acids is 2. The molecule has 134 valence electrons. The van der Waals surface area contributed by atoms with Crippen molar-refractivity contribution < 1.29 is 23.8 Å². The standard InChI is InChI=1S/C18H27NO5/c1-12(23-13(2)20)11-16(19-17(21)24-18(3,4)5)14-7-9-15(22-6)10-8-14/h7-10,12,16H,11H2,1-6H3,(H,19,21)/t12-,16?/m1/s1. The van der Waals surface area contributed by atoms with Crippen molar-refractivity contribution >= 4 is 12.1 Å². The Morgan fingerprint density at radius 1 is 1.17 bits per heavy atom. The highest BCUT2D eigenvalue weighted by molar-refractivity contribution is 5.68. The number of amides is 1. The quantitative estimate of drug-likeness (QED) is 0.803. The third kappa shape index (κ3) is 7.35. The fourth-order valence-electron chi connectivity index (χ4n) is 2.23. The second-order valence-corrected chi connectivity index (χ2v) is 6.63. The molecule has 0 saturated carbocycles. The van der Waals surface area contributed by atoms with Crippen molar-refractivity contribution in [3.8, 4) is 5.75 Å². The molecular weight excluding hydrogens is 310 g/mol. The van der Waals surface area contributed by atoms with E-state index in [0.717, 1.165) is 11.3 Å². The van der Waals surface area contributed by atoms with Crippen LogP contribution in [0.3, 0.4) is 0 Å². The molecule has 6 nitrogen and oxygen atoms in total. The zero-order chi connectivity index (χ0) is 18.3. The second kappa shape index (κ2) is 8.57. The Bertz CT molecular complexity index is 548. The first-order valence-electron chi connectivity index (χ1n) is 7.91. The fraction of sp³-hybridized carbons (Fsp3) is 0.556. The summed E-state index contributed by atoms with van der Waals surface area (Å²) in [5, 5.41) is 2.84. The molecule has 1 aromatic carbocycles. The van der Waals surface area contributed by atoms with E-state index in [4.69, 9.17) is 14.2 Å². The fourth-order valence-corrected chi connectivity index (χ4v) is 2.23. The molecule has 24 heavy (non-hydrogen) atoms. The van der Waals surface area contributed by atoms with E-state index in [1.54, 1.807) is 34.8 Å². The van der Waals surface area contributed by atoms with Gasteiger partial charge < -0.3 is 19.5 Å². The van der Waals surface area contributed by atoms with E-state index in [9.17, 15) is 9.59 Å². The highest BCUT2D eigenvalue weighted by atomic mass is 16.6. The number of alkyl carbamates (subject to hydrolysis) is 1. The molecule has 1 rings (SSSR count). The average Bonchev–Trinajstić information content (AvgIpc) is 2.43. The van der Waals surface area contributed by atoms with E-state index < -0.39 is 11.7 Å². The SMILES string of the molecule is COc1ccc(C(C[C@@H](C)OC(C)=O)NC(=O)OC(C)(C)C)cc1. The van der Waals surface area contributed by atoms with Crippen molar-refractivity contribution in [2.24, 2.45) is 0 Å². The lowest BCUT2D eigenvalue weighted by molar-refractivity contribution is -0.145. The molecule has 0 spiro atoms. The van der Waals surface area contributed by atoms with Crippen molar-refractivity contribution in [2.45, 2.75) is 58.8 Å². The van der Waals surface area contributed by atoms with Crippen molar-refractivity contribution in [1.29, 1.82) is 0 Å². The van der Waals surface area contributed by atoms with E-state index in [1.807, 2.05) is 24.3 Å². The molecule has 0 bridgehead atoms. The number of methoxy groups -OCH3 is 1. The van der Waals surface area contributed by atoms with Gasteiger partial charge in [0.25, 0.3) is 0 Å². The molecule has 0 aromatic heterocycles. The molecule has 0 aliphatic heterocycles. The van der Waals surface area contributed by atoms with Crippen LogP contribution in [-0.2, 0) is 14.3 Å². The van der Waals surface area contributed by atoms with Crippen LogP contribution < -0.4 is 10.1 Å². The second-order valence-electron chi connectivity index (χ2n) is 6.63. The number of hydrogen-bond acceptors (Lipinski definition) is 5. The minimum atomic E-state index is -0.587. The molecule has 6 heteroatoms. The van der Waals surface area contributed by atoms with Gasteiger partial charge in [0, 0.05) is 13.3 Å². The van der Waals surface area contributed by atoms with E-state index in [0.29, 0.717) is 6.42 Å². The minimum Gasteiger partial charge on any atom is -0.497 e.